The van der Waals surface area contributed by atoms with Crippen LogP contribution in [-0.4, -0.2) is 57.4 Å². The number of nitrogens with one attached hydrogen (secondary N) is 2. The van der Waals surface area contributed by atoms with Gasteiger partial charge in [-0.2, -0.15) is 0 Å². The molecule has 1 fully saturated rings. The summed E-state index contributed by atoms with van der Waals surface area (Å²) >= 11 is 0. The van der Waals surface area contributed by atoms with E-state index in [4.69, 9.17) is 4.74 Å². The molecule has 1 heterocycles. The van der Waals surface area contributed by atoms with Crippen molar-refractivity contribution in [3.05, 3.63) is 23.8 Å². The smallest absolute Gasteiger partial charge is 0.251 e. The largest absolute Gasteiger partial charge is 0.495 e. The van der Waals surface area contributed by atoms with Gasteiger partial charge in [0, 0.05) is 37.2 Å². The molecule has 0 bridgehead atoms. The van der Waals surface area contributed by atoms with Crippen molar-refractivity contribution in [3.8, 4) is 5.75 Å². The van der Waals surface area contributed by atoms with E-state index in [-0.39, 0.29) is 35.1 Å². The second-order valence-electron chi connectivity index (χ2n) is 8.17. The molecule has 1 aromatic carbocycles. The number of carbonyl (C=O) groups is 2. The van der Waals surface area contributed by atoms with Crippen LogP contribution < -0.4 is 14.8 Å². The summed E-state index contributed by atoms with van der Waals surface area (Å²) < 4.78 is 33.1. The molecule has 0 spiro atoms. The van der Waals surface area contributed by atoms with E-state index in [0.717, 1.165) is 32.4 Å². The van der Waals surface area contributed by atoms with Gasteiger partial charge in [-0.15, -0.1) is 0 Å². The molecule has 2 rings (SSSR count). The number of piperidine rings is 1. The number of methoxy groups -OCH3 is 1. The second kappa shape index (κ2) is 9.58. The fourth-order valence-corrected chi connectivity index (χ4v) is 4.79. The number of amides is 2. The number of likely N-dealkylation sites (tertiary alicyclic amines) is 1. The van der Waals surface area contributed by atoms with Crippen molar-refractivity contribution in [1.82, 2.24) is 14.9 Å². The summed E-state index contributed by atoms with van der Waals surface area (Å²) in [6, 6.07) is 4.23. The summed E-state index contributed by atoms with van der Waals surface area (Å²) in [5, 5.41) is 2.69. The summed E-state index contributed by atoms with van der Waals surface area (Å²) in [7, 11) is -2.51. The number of benzene rings is 1. The Hall–Kier alpha value is -2.13. The molecule has 1 saturated heterocycles. The number of rotatable bonds is 7. The summed E-state index contributed by atoms with van der Waals surface area (Å²) in [6.07, 6.45) is 3.40. The molecule has 2 amide bonds. The topological polar surface area (TPSA) is 105 Å². The van der Waals surface area contributed by atoms with Crippen molar-refractivity contribution in [1.29, 1.82) is 0 Å². The highest BCUT2D eigenvalue weighted by atomic mass is 32.2. The van der Waals surface area contributed by atoms with Crippen LogP contribution in [0.15, 0.2) is 23.1 Å². The van der Waals surface area contributed by atoms with E-state index < -0.39 is 21.5 Å². The Kier molecular flexibility index (Phi) is 7.65. The van der Waals surface area contributed by atoms with E-state index in [1.165, 1.54) is 25.3 Å². The average Bonchev–Trinajstić information content (AvgIpc) is 2.66. The lowest BCUT2D eigenvalue weighted by Crippen LogP contribution is -2.40. The van der Waals surface area contributed by atoms with Gasteiger partial charge in [-0.1, -0.05) is 0 Å². The number of nitrogens with zero attached hydrogens (tertiary/aromatic N) is 1. The lowest BCUT2D eigenvalue weighted by atomic mass is 10.1. The van der Waals surface area contributed by atoms with Crippen molar-refractivity contribution in [2.24, 2.45) is 0 Å². The highest BCUT2D eigenvalue weighted by molar-refractivity contribution is 7.89. The molecule has 162 valence electrons. The zero-order valence-corrected chi connectivity index (χ0v) is 18.4. The van der Waals surface area contributed by atoms with E-state index >= 15 is 0 Å². The van der Waals surface area contributed by atoms with Gasteiger partial charge in [0.15, 0.2) is 0 Å². The monoisotopic (exact) mass is 425 g/mol. The van der Waals surface area contributed by atoms with Crippen LogP contribution in [-0.2, 0) is 14.8 Å². The molecule has 1 aliphatic rings. The molecule has 0 unspecified atom stereocenters. The fourth-order valence-electron chi connectivity index (χ4n) is 3.17. The van der Waals surface area contributed by atoms with Crippen LogP contribution in [0.4, 0.5) is 0 Å². The van der Waals surface area contributed by atoms with Crippen LogP contribution in [0.3, 0.4) is 0 Å². The Balaban J connectivity index is 2.06. The third-order valence-electron chi connectivity index (χ3n) is 4.49. The van der Waals surface area contributed by atoms with E-state index in [1.54, 1.807) is 20.8 Å². The lowest BCUT2D eigenvalue weighted by molar-refractivity contribution is -0.131. The van der Waals surface area contributed by atoms with Crippen LogP contribution in [0.1, 0.15) is 56.8 Å². The van der Waals surface area contributed by atoms with Gasteiger partial charge < -0.3 is 15.0 Å². The quantitative estimate of drug-likeness (QED) is 0.694. The fraction of sp³-hybridized carbons (Fsp3) is 0.600. The maximum Gasteiger partial charge on any atom is 0.251 e. The van der Waals surface area contributed by atoms with Gasteiger partial charge in [0.1, 0.15) is 10.6 Å². The van der Waals surface area contributed by atoms with Gasteiger partial charge in [-0.05, 0) is 58.2 Å². The molecule has 0 saturated carbocycles. The van der Waals surface area contributed by atoms with Gasteiger partial charge in [-0.25, -0.2) is 13.1 Å². The molecule has 0 aliphatic carbocycles. The normalized spacial score (nSPS) is 15.1. The predicted octanol–water partition coefficient (Wildman–Crippen LogP) is 1.90. The molecule has 0 aromatic heterocycles. The molecule has 1 aliphatic heterocycles. The van der Waals surface area contributed by atoms with Crippen LogP contribution in [0.5, 0.6) is 5.75 Å². The van der Waals surface area contributed by atoms with E-state index in [0.29, 0.717) is 0 Å². The van der Waals surface area contributed by atoms with E-state index in [2.05, 4.69) is 10.0 Å². The first-order valence-electron chi connectivity index (χ1n) is 9.81. The second-order valence-corrected chi connectivity index (χ2v) is 9.82. The number of hydrogen-bond acceptors (Lipinski definition) is 5. The summed E-state index contributed by atoms with van der Waals surface area (Å²) in [4.78, 5) is 26.4. The van der Waals surface area contributed by atoms with Crippen LogP contribution >= 0.6 is 0 Å². The standard InChI is InChI=1S/C20H31N3O5S/c1-20(2,3)22-29(26,27)17-14-15(8-9-16(17)28-4)19(25)21-11-10-18(24)23-12-6-5-7-13-23/h8-9,14,22H,5-7,10-13H2,1-4H3,(H,21,25). The molecule has 2 N–H and O–H groups in total. The Morgan fingerprint density at radius 1 is 1.14 bits per heavy atom. The third-order valence-corrected chi connectivity index (χ3v) is 6.27. The minimum absolute atomic E-state index is 0.0253. The SMILES string of the molecule is COc1ccc(C(=O)NCCC(=O)N2CCCCC2)cc1S(=O)(=O)NC(C)(C)C. The molecule has 0 radical (unpaired) electrons. The average molecular weight is 426 g/mol. The van der Waals surface area contributed by atoms with Crippen molar-refractivity contribution in [2.75, 3.05) is 26.7 Å². The molecular weight excluding hydrogens is 394 g/mol. The van der Waals surface area contributed by atoms with Crippen LogP contribution in [0, 0.1) is 0 Å². The van der Waals surface area contributed by atoms with Crippen molar-refractivity contribution < 1.29 is 22.7 Å². The Labute approximate surface area is 173 Å². The van der Waals surface area contributed by atoms with Crippen molar-refractivity contribution >= 4 is 21.8 Å². The van der Waals surface area contributed by atoms with Gasteiger partial charge in [0.25, 0.3) is 5.91 Å². The Morgan fingerprint density at radius 3 is 2.38 bits per heavy atom. The van der Waals surface area contributed by atoms with Crippen molar-refractivity contribution in [3.63, 3.8) is 0 Å². The number of hydrogen-bond donors (Lipinski definition) is 2. The first kappa shape index (κ1) is 23.2. The highest BCUT2D eigenvalue weighted by Crippen LogP contribution is 2.26. The molecule has 29 heavy (non-hydrogen) atoms. The summed E-state index contributed by atoms with van der Waals surface area (Å²) in [6.45, 7) is 6.93. The number of sulfonamides is 1. The summed E-state index contributed by atoms with van der Waals surface area (Å²) in [5.74, 6) is -0.262. The Morgan fingerprint density at radius 2 is 1.79 bits per heavy atom. The van der Waals surface area contributed by atoms with Gasteiger partial charge >= 0.3 is 0 Å². The number of ether oxygens (including phenoxy) is 1. The predicted molar refractivity (Wildman–Crippen MR) is 110 cm³/mol. The lowest BCUT2D eigenvalue weighted by Gasteiger charge is -2.26. The zero-order valence-electron chi connectivity index (χ0n) is 17.6. The maximum absolute atomic E-state index is 12.7. The van der Waals surface area contributed by atoms with E-state index in [9.17, 15) is 18.0 Å². The molecular formula is C20H31N3O5S. The minimum Gasteiger partial charge on any atom is -0.495 e. The highest BCUT2D eigenvalue weighted by Gasteiger charge is 2.26. The van der Waals surface area contributed by atoms with E-state index in [1.807, 2.05) is 4.90 Å². The summed E-state index contributed by atoms with van der Waals surface area (Å²) in [5.41, 5.74) is -0.498. The Bertz CT molecular complexity index is 840. The molecule has 0 atom stereocenters. The maximum atomic E-state index is 12.7. The zero-order chi connectivity index (χ0) is 21.7. The van der Waals surface area contributed by atoms with Crippen molar-refractivity contribution in [2.45, 2.75) is 56.9 Å². The molecule has 1 aromatic rings. The van der Waals surface area contributed by atoms with Crippen LogP contribution in [0.2, 0.25) is 0 Å². The first-order valence-corrected chi connectivity index (χ1v) is 11.3. The van der Waals surface area contributed by atoms with Gasteiger partial charge in [-0.3, -0.25) is 9.59 Å². The van der Waals surface area contributed by atoms with Crippen LogP contribution in [0.25, 0.3) is 0 Å². The molecule has 8 nitrogen and oxygen atoms in total. The first-order chi connectivity index (χ1) is 13.5. The number of carbonyl (C=O) groups excluding carboxylic acids is 2. The third kappa shape index (κ3) is 6.71. The van der Waals surface area contributed by atoms with Gasteiger partial charge in [0.05, 0.1) is 7.11 Å². The molecule has 9 heteroatoms. The van der Waals surface area contributed by atoms with Gasteiger partial charge in [0.2, 0.25) is 15.9 Å². The minimum atomic E-state index is -3.88.